The molecule has 0 aromatic rings. The summed E-state index contributed by atoms with van der Waals surface area (Å²) in [6.45, 7) is 47.4. The van der Waals surface area contributed by atoms with Crippen molar-refractivity contribution in [2.45, 2.75) is 433 Å². The van der Waals surface area contributed by atoms with Gasteiger partial charge in [0.05, 0.1) is 26.4 Å². The molecule has 0 rings (SSSR count). The van der Waals surface area contributed by atoms with Gasteiger partial charge in [0, 0.05) is 0 Å². The molecule has 0 amide bonds. The predicted octanol–water partition coefficient (Wildman–Crippen LogP) is 26.1. The largest absolute Gasteiger partial charge is 0.394 e. The number of hydrogen-bond acceptors (Lipinski definition) is 6. The molecule has 6 nitrogen and oxygen atoms in total. The van der Waals surface area contributed by atoms with Crippen LogP contribution in [0.2, 0.25) is 0 Å². The number of hydrogen-bond donors (Lipinski definition) is 6. The molecule has 0 fully saturated rings. The summed E-state index contributed by atoms with van der Waals surface area (Å²) in [4.78, 5) is 0. The molecule has 0 saturated heterocycles. The molecular formula is C86H180O6. The van der Waals surface area contributed by atoms with E-state index in [1.807, 2.05) is 0 Å². The predicted molar refractivity (Wildman–Crippen MR) is 413 cm³/mol. The summed E-state index contributed by atoms with van der Waals surface area (Å²) in [5.41, 5.74) is 0. The molecule has 0 heterocycles. The van der Waals surface area contributed by atoms with Crippen LogP contribution in [0.15, 0.2) is 0 Å². The topological polar surface area (TPSA) is 121 Å². The van der Waals surface area contributed by atoms with E-state index in [4.69, 9.17) is 30.6 Å². The van der Waals surface area contributed by atoms with Crippen LogP contribution in [0.5, 0.6) is 0 Å². The molecule has 12 atom stereocenters. The number of unbranched alkanes of at least 4 members (excludes halogenated alkanes) is 2. The highest BCUT2D eigenvalue weighted by Crippen LogP contribution is 2.29. The third-order valence-corrected chi connectivity index (χ3v) is 21.2. The van der Waals surface area contributed by atoms with Gasteiger partial charge in [0.1, 0.15) is 12.2 Å². The Balaban J connectivity index is -0.000000711. The van der Waals surface area contributed by atoms with E-state index < -0.39 is 12.2 Å². The average Bonchev–Trinajstić information content (AvgIpc) is 3.71. The molecule has 92 heavy (non-hydrogen) atoms. The van der Waals surface area contributed by atoms with Crippen molar-refractivity contribution in [1.29, 1.82) is 0 Å². The summed E-state index contributed by atoms with van der Waals surface area (Å²) in [7, 11) is 0. The van der Waals surface area contributed by atoms with Gasteiger partial charge in [-0.3, -0.25) is 0 Å². The molecule has 560 valence electrons. The van der Waals surface area contributed by atoms with Crippen LogP contribution in [-0.4, -0.2) is 69.3 Å². The minimum atomic E-state index is -0.954. The molecule has 0 spiro atoms. The van der Waals surface area contributed by atoms with Crippen LogP contribution in [0.1, 0.15) is 421 Å². The van der Waals surface area contributed by atoms with Crippen LogP contribution < -0.4 is 0 Å². The zero-order chi connectivity index (χ0) is 70.3. The molecular weight excluding hydrogens is 1130 g/mol. The Morgan fingerprint density at radius 1 is 0.141 bits per heavy atom. The lowest BCUT2D eigenvalue weighted by Crippen LogP contribution is -2.15. The van der Waals surface area contributed by atoms with E-state index in [2.05, 4.69) is 138 Å². The monoisotopic (exact) mass is 1310 g/mol. The Kier molecular flexibility index (Phi) is 75.3. The summed E-state index contributed by atoms with van der Waals surface area (Å²) in [5.74, 6) is 14.7. The molecule has 6 N–H and O–H groups in total. The van der Waals surface area contributed by atoms with Gasteiger partial charge in [-0.15, -0.1) is 0 Å². The van der Waals surface area contributed by atoms with Gasteiger partial charge in [-0.1, -0.05) is 421 Å². The highest BCUT2D eigenvalue weighted by atomic mass is 16.3. The second-order valence-electron chi connectivity index (χ2n) is 34.6. The summed E-state index contributed by atoms with van der Waals surface area (Å²) in [6.07, 6.45) is 61.9. The van der Waals surface area contributed by atoms with Gasteiger partial charge in [0.25, 0.3) is 0 Å². The molecule has 0 aliphatic carbocycles. The molecule has 0 radical (unpaired) electrons. The summed E-state index contributed by atoms with van der Waals surface area (Å²) < 4.78 is 0. The Morgan fingerprint density at radius 3 is 0.304 bits per heavy atom. The summed E-state index contributed by atoms with van der Waals surface area (Å²) in [5, 5.41) is 48.0. The molecule has 0 aromatic heterocycles. The molecule has 0 aromatic carbocycles. The van der Waals surface area contributed by atoms with Crippen molar-refractivity contribution in [2.75, 3.05) is 26.4 Å². The first-order valence-electron chi connectivity index (χ1n) is 41.4. The first-order valence-corrected chi connectivity index (χ1v) is 41.4. The Morgan fingerprint density at radius 2 is 0.228 bits per heavy atom. The smallest absolute Gasteiger partial charge is 0.100 e. The fourth-order valence-electron chi connectivity index (χ4n) is 13.8. The highest BCUT2D eigenvalue weighted by molar-refractivity contribution is 4.67. The summed E-state index contributed by atoms with van der Waals surface area (Å²) in [6, 6.07) is 0. The van der Waals surface area contributed by atoms with Gasteiger partial charge in [-0.05, 0) is 94.7 Å². The number of aliphatic hydroxyl groups is 6. The van der Waals surface area contributed by atoms with Gasteiger partial charge in [-0.25, -0.2) is 0 Å². The molecule has 0 saturated carbocycles. The van der Waals surface area contributed by atoms with Gasteiger partial charge in [0.15, 0.2) is 0 Å². The van der Waals surface area contributed by atoms with Crippen molar-refractivity contribution in [3.05, 3.63) is 0 Å². The van der Waals surface area contributed by atoms with Crippen LogP contribution in [0.25, 0.3) is 0 Å². The maximum atomic E-state index is 8.17. The van der Waals surface area contributed by atoms with Gasteiger partial charge < -0.3 is 30.6 Å². The van der Waals surface area contributed by atoms with Crippen LogP contribution in [0.4, 0.5) is 0 Å². The first kappa shape index (κ1) is 98.1. The van der Waals surface area contributed by atoms with Crippen LogP contribution >= 0.6 is 0 Å². The lowest BCUT2D eigenvalue weighted by Gasteiger charge is -2.17. The average molecular weight is 1310 g/mol. The maximum absolute atomic E-state index is 8.17. The minimum absolute atomic E-state index is 0.365. The van der Waals surface area contributed by atoms with Crippen molar-refractivity contribution >= 4 is 0 Å². The normalized spacial score (nSPS) is 15.9. The second-order valence-corrected chi connectivity index (χ2v) is 34.6. The van der Waals surface area contributed by atoms with E-state index in [0.717, 1.165) is 94.7 Å². The van der Waals surface area contributed by atoms with Crippen LogP contribution in [0.3, 0.4) is 0 Å². The van der Waals surface area contributed by atoms with Gasteiger partial charge >= 0.3 is 0 Å². The second kappa shape index (κ2) is 70.6. The van der Waals surface area contributed by atoms with E-state index in [-0.39, 0.29) is 26.4 Å². The lowest BCUT2D eigenvalue weighted by atomic mass is 9.89. The minimum Gasteiger partial charge on any atom is -0.394 e. The number of aliphatic hydroxyl groups excluding tert-OH is 6. The van der Waals surface area contributed by atoms with Crippen molar-refractivity contribution < 1.29 is 30.6 Å². The van der Waals surface area contributed by atoms with Crippen molar-refractivity contribution in [2.24, 2.45) is 94.7 Å². The first-order chi connectivity index (χ1) is 43.6. The molecule has 0 bridgehead atoms. The molecule has 6 heteroatoms. The zero-order valence-corrected chi connectivity index (χ0v) is 67.0. The SMILES string of the molecule is CC(C)CCCC(C)CCCC(C)CCCC(C)CCCCC(C)CCCC(C)CCCC(C)CCCC(C)C.CC(C)CCCC(C)CCCC(C)CCCC(C)CCCCC(C)CCCC(C)CCCC(C)CCCC(C)C.OCC(O)CO.OCC(O)CO. The Hall–Kier alpha value is -0.240. The van der Waals surface area contributed by atoms with E-state index in [1.54, 1.807) is 0 Å². The van der Waals surface area contributed by atoms with E-state index >= 15 is 0 Å². The number of rotatable bonds is 62. The fourth-order valence-corrected chi connectivity index (χ4v) is 13.8. The van der Waals surface area contributed by atoms with E-state index in [1.165, 1.54) is 283 Å². The van der Waals surface area contributed by atoms with Crippen LogP contribution in [0, 0.1) is 94.7 Å². The van der Waals surface area contributed by atoms with Crippen LogP contribution in [-0.2, 0) is 0 Å². The third-order valence-electron chi connectivity index (χ3n) is 21.2. The summed E-state index contributed by atoms with van der Waals surface area (Å²) >= 11 is 0. The lowest BCUT2D eigenvalue weighted by molar-refractivity contribution is 0.0450. The van der Waals surface area contributed by atoms with Crippen molar-refractivity contribution in [3.63, 3.8) is 0 Å². The zero-order valence-electron chi connectivity index (χ0n) is 67.0. The Labute approximate surface area is 582 Å². The van der Waals surface area contributed by atoms with Crippen molar-refractivity contribution in [1.82, 2.24) is 0 Å². The van der Waals surface area contributed by atoms with Gasteiger partial charge in [-0.2, -0.15) is 0 Å². The fraction of sp³-hybridized carbons (Fsp3) is 1.00. The highest BCUT2D eigenvalue weighted by Gasteiger charge is 2.14. The van der Waals surface area contributed by atoms with Gasteiger partial charge in [0.2, 0.25) is 0 Å². The quantitative estimate of drug-likeness (QED) is 0.0338. The van der Waals surface area contributed by atoms with E-state index in [0.29, 0.717) is 0 Å². The standard InChI is InChI=1S/2C40H82.2C3H8O3/c2*1-33(2)19-13-23-37(7)27-17-31-39(9)29-15-25-35(5)21-11-12-22-36(6)26-16-30-40(10)32-18-28-38(8)24-14-20-34(3)4;2*4-1-3(6)2-5/h2*33-40H,11-32H2,1-10H3;2*3-6H,1-2H2. The maximum Gasteiger partial charge on any atom is 0.100 e. The Bertz CT molecular complexity index is 1180. The molecule has 12 unspecified atom stereocenters. The van der Waals surface area contributed by atoms with Crippen molar-refractivity contribution in [3.8, 4) is 0 Å². The third kappa shape index (κ3) is 80.4. The molecule has 0 aliphatic rings. The van der Waals surface area contributed by atoms with E-state index in [9.17, 15) is 0 Å². The molecule has 0 aliphatic heterocycles.